The molecule has 24 heavy (non-hydrogen) atoms. The first kappa shape index (κ1) is 16.4. The van der Waals surface area contributed by atoms with Crippen LogP contribution in [0.15, 0.2) is 40.3 Å². The van der Waals surface area contributed by atoms with Crippen LogP contribution >= 0.6 is 39.5 Å². The van der Waals surface area contributed by atoms with Crippen molar-refractivity contribution in [1.82, 2.24) is 15.2 Å². The van der Waals surface area contributed by atoms with Crippen LogP contribution in [0.5, 0.6) is 0 Å². The first-order valence-electron chi connectivity index (χ1n) is 8.07. The second-order valence-corrected chi connectivity index (χ2v) is 8.94. The number of hydrogen-bond donors (Lipinski definition) is 1. The van der Waals surface area contributed by atoms with Gasteiger partial charge in [-0.2, -0.15) is 0 Å². The molecule has 0 bridgehead atoms. The molecule has 0 radical (unpaired) electrons. The molecule has 2 aliphatic rings. The van der Waals surface area contributed by atoms with E-state index in [1.165, 1.54) is 4.88 Å². The van der Waals surface area contributed by atoms with Gasteiger partial charge in [-0.1, -0.05) is 6.07 Å². The molecule has 0 unspecified atom stereocenters. The molecule has 4 rings (SSSR count). The Labute approximate surface area is 159 Å². The second-order valence-electron chi connectivity index (χ2n) is 6.06. The third-order valence-electron chi connectivity index (χ3n) is 4.51. The first-order valence-corrected chi connectivity index (χ1v) is 10.1. The van der Waals surface area contributed by atoms with E-state index < -0.39 is 0 Å². The molecule has 4 nitrogen and oxygen atoms in total. The number of rotatable bonds is 4. The normalized spacial score (nSPS) is 26.8. The van der Waals surface area contributed by atoms with E-state index in [9.17, 15) is 0 Å². The van der Waals surface area contributed by atoms with Gasteiger partial charge in [-0.25, -0.2) is 0 Å². The van der Waals surface area contributed by atoms with E-state index in [4.69, 9.17) is 17.0 Å². The van der Waals surface area contributed by atoms with Crippen LogP contribution in [0.25, 0.3) is 0 Å². The Kier molecular flexibility index (Phi) is 4.85. The average Bonchev–Trinajstić information content (AvgIpc) is 3.31. The largest absolute Gasteiger partial charge is 0.376 e. The Balaban J connectivity index is 1.67. The van der Waals surface area contributed by atoms with E-state index in [0.29, 0.717) is 0 Å². The van der Waals surface area contributed by atoms with Crippen molar-refractivity contribution in [2.45, 2.75) is 31.0 Å². The Morgan fingerprint density at radius 2 is 2.29 bits per heavy atom. The van der Waals surface area contributed by atoms with Crippen molar-refractivity contribution in [3.8, 4) is 0 Å². The van der Waals surface area contributed by atoms with Gasteiger partial charge in [-0.3, -0.25) is 4.98 Å². The molecule has 2 aliphatic heterocycles. The summed E-state index contributed by atoms with van der Waals surface area (Å²) in [5, 5.41) is 4.27. The summed E-state index contributed by atoms with van der Waals surface area (Å²) in [7, 11) is 0. The number of aromatic nitrogens is 1. The maximum absolute atomic E-state index is 5.84. The molecule has 0 aromatic carbocycles. The van der Waals surface area contributed by atoms with Crippen LogP contribution < -0.4 is 5.32 Å². The highest BCUT2D eigenvalue weighted by atomic mass is 79.9. The van der Waals surface area contributed by atoms with Crippen LogP contribution in [0.4, 0.5) is 0 Å². The third kappa shape index (κ3) is 3.22. The van der Waals surface area contributed by atoms with Crippen molar-refractivity contribution >= 4 is 44.6 Å². The minimum absolute atomic E-state index is 0.0608. The molecular formula is C17H18BrN3OS2. The summed E-state index contributed by atoms with van der Waals surface area (Å²) in [4.78, 5) is 8.12. The molecule has 0 amide bonds. The summed E-state index contributed by atoms with van der Waals surface area (Å²) in [6, 6.07) is 10.5. The minimum atomic E-state index is 0.0608. The number of nitrogens with one attached hydrogen (secondary N) is 1. The highest BCUT2D eigenvalue weighted by Gasteiger charge is 2.41. The fraction of sp³-hybridized carbons (Fsp3) is 0.412. The Hall–Kier alpha value is -1.02. The number of nitrogens with zero attached hydrogens (tertiary/aromatic N) is 2. The van der Waals surface area contributed by atoms with Gasteiger partial charge in [0, 0.05) is 24.2 Å². The van der Waals surface area contributed by atoms with Gasteiger partial charge < -0.3 is 15.0 Å². The van der Waals surface area contributed by atoms with Crippen molar-refractivity contribution in [1.29, 1.82) is 0 Å². The molecular weight excluding hydrogens is 406 g/mol. The van der Waals surface area contributed by atoms with E-state index >= 15 is 0 Å². The Morgan fingerprint density at radius 3 is 2.96 bits per heavy atom. The van der Waals surface area contributed by atoms with Crippen molar-refractivity contribution in [3.63, 3.8) is 0 Å². The molecule has 2 fully saturated rings. The highest BCUT2D eigenvalue weighted by molar-refractivity contribution is 9.11. The topological polar surface area (TPSA) is 37.4 Å². The highest BCUT2D eigenvalue weighted by Crippen LogP contribution is 2.42. The quantitative estimate of drug-likeness (QED) is 0.750. The van der Waals surface area contributed by atoms with E-state index in [-0.39, 0.29) is 18.2 Å². The summed E-state index contributed by atoms with van der Waals surface area (Å²) in [6.07, 6.45) is 4.34. The number of halogens is 1. The molecule has 2 aromatic rings. The van der Waals surface area contributed by atoms with Gasteiger partial charge >= 0.3 is 0 Å². The van der Waals surface area contributed by atoms with Crippen LogP contribution in [-0.4, -0.2) is 34.3 Å². The fourth-order valence-corrected chi connectivity index (χ4v) is 5.30. The number of thiophene rings is 1. The van der Waals surface area contributed by atoms with Crippen LogP contribution in [-0.2, 0) is 4.74 Å². The lowest BCUT2D eigenvalue weighted by molar-refractivity contribution is 0.0846. The predicted molar refractivity (Wildman–Crippen MR) is 103 cm³/mol. The van der Waals surface area contributed by atoms with Gasteiger partial charge in [0.15, 0.2) is 5.11 Å². The molecule has 2 aromatic heterocycles. The van der Waals surface area contributed by atoms with Crippen molar-refractivity contribution in [2.24, 2.45) is 0 Å². The molecule has 0 spiro atoms. The summed E-state index contributed by atoms with van der Waals surface area (Å²) < 4.78 is 6.97. The van der Waals surface area contributed by atoms with Crippen molar-refractivity contribution in [2.75, 3.05) is 13.2 Å². The SMILES string of the molecule is S=C1N[C@H](c2ccccn2)[C@H](c2ccc(Br)s2)N1C[C@H]1CCCO1. The zero-order chi connectivity index (χ0) is 16.5. The average molecular weight is 424 g/mol. The van der Waals surface area contributed by atoms with Gasteiger partial charge in [0.05, 0.1) is 27.7 Å². The summed E-state index contributed by atoms with van der Waals surface area (Å²) in [6.45, 7) is 1.69. The molecule has 0 aliphatic carbocycles. The number of hydrogen-bond acceptors (Lipinski definition) is 4. The fourth-order valence-electron chi connectivity index (χ4n) is 3.41. The van der Waals surface area contributed by atoms with Crippen molar-refractivity contribution in [3.05, 3.63) is 50.9 Å². The molecule has 4 heterocycles. The zero-order valence-corrected chi connectivity index (χ0v) is 16.2. The molecule has 126 valence electrons. The standard InChI is InChI=1S/C17H18BrN3OS2/c18-14-7-6-13(24-14)16-15(12-5-1-2-8-19-12)20-17(23)21(16)10-11-4-3-9-22-11/h1-2,5-8,11,15-16H,3-4,9-10H2,(H,20,23)/t11-,15-,16+/m1/s1. The number of thiocarbonyl (C=S) groups is 1. The van der Waals surface area contributed by atoms with Crippen LogP contribution in [0.3, 0.4) is 0 Å². The summed E-state index contributed by atoms with van der Waals surface area (Å²) >= 11 is 11.0. The predicted octanol–water partition coefficient (Wildman–Crippen LogP) is 4.06. The molecule has 3 atom stereocenters. The van der Waals surface area contributed by atoms with Gasteiger partial charge in [-0.05, 0) is 65.3 Å². The zero-order valence-electron chi connectivity index (χ0n) is 13.0. The second kappa shape index (κ2) is 7.07. The molecule has 1 N–H and O–H groups in total. The van der Waals surface area contributed by atoms with E-state index in [1.807, 2.05) is 18.3 Å². The minimum Gasteiger partial charge on any atom is -0.376 e. The third-order valence-corrected chi connectivity index (χ3v) is 6.55. The van der Waals surface area contributed by atoms with Gasteiger partial charge in [0.2, 0.25) is 0 Å². The van der Waals surface area contributed by atoms with Crippen LogP contribution in [0.2, 0.25) is 0 Å². The Bertz CT molecular complexity index is 718. The maximum Gasteiger partial charge on any atom is 0.170 e. The summed E-state index contributed by atoms with van der Waals surface area (Å²) in [5.74, 6) is 0. The van der Waals surface area contributed by atoms with Crippen LogP contribution in [0.1, 0.15) is 35.5 Å². The molecule has 0 saturated carbocycles. The number of pyridine rings is 1. The number of ether oxygens (including phenoxy) is 1. The smallest absolute Gasteiger partial charge is 0.170 e. The molecule has 2 saturated heterocycles. The first-order chi connectivity index (χ1) is 11.7. The summed E-state index contributed by atoms with van der Waals surface area (Å²) in [5.41, 5.74) is 1.02. The van der Waals surface area contributed by atoms with E-state index in [0.717, 1.165) is 40.6 Å². The van der Waals surface area contributed by atoms with Gasteiger partial charge in [0.1, 0.15) is 0 Å². The molecule has 7 heteroatoms. The van der Waals surface area contributed by atoms with Crippen LogP contribution in [0, 0.1) is 0 Å². The monoisotopic (exact) mass is 423 g/mol. The van der Waals surface area contributed by atoms with E-state index in [2.05, 4.69) is 49.3 Å². The Morgan fingerprint density at radius 1 is 1.38 bits per heavy atom. The van der Waals surface area contributed by atoms with Crippen molar-refractivity contribution < 1.29 is 4.74 Å². The van der Waals surface area contributed by atoms with E-state index in [1.54, 1.807) is 11.3 Å². The lowest BCUT2D eigenvalue weighted by Gasteiger charge is -2.28. The maximum atomic E-state index is 5.84. The van der Waals surface area contributed by atoms with Gasteiger partial charge in [0.25, 0.3) is 0 Å². The lowest BCUT2D eigenvalue weighted by Crippen LogP contribution is -2.36. The van der Waals surface area contributed by atoms with Gasteiger partial charge in [-0.15, -0.1) is 11.3 Å². The lowest BCUT2D eigenvalue weighted by atomic mass is 10.0.